The van der Waals surface area contributed by atoms with E-state index in [2.05, 4.69) is 15.9 Å². The van der Waals surface area contributed by atoms with Crippen molar-refractivity contribution in [2.75, 3.05) is 5.33 Å². The second-order valence-corrected chi connectivity index (χ2v) is 2.95. The summed E-state index contributed by atoms with van der Waals surface area (Å²) in [6.07, 6.45) is 0. The average molecular weight is 237 g/mol. The summed E-state index contributed by atoms with van der Waals surface area (Å²) in [4.78, 5) is 0. The molecule has 12 heavy (non-hydrogen) atoms. The highest BCUT2D eigenvalue weighted by Crippen LogP contribution is 2.31. The van der Waals surface area contributed by atoms with E-state index in [1.807, 2.05) is 0 Å². The summed E-state index contributed by atoms with van der Waals surface area (Å²) in [6.45, 7) is 0. The molecule has 1 N–H and O–H groups in total. The van der Waals surface area contributed by atoms with Crippen molar-refractivity contribution in [2.45, 2.75) is 5.92 Å². The quantitative estimate of drug-likeness (QED) is 0.784. The van der Waals surface area contributed by atoms with Gasteiger partial charge in [0.05, 0.1) is 5.33 Å². The first-order chi connectivity index (χ1) is 5.56. The van der Waals surface area contributed by atoms with Crippen molar-refractivity contribution in [1.82, 2.24) is 0 Å². The van der Waals surface area contributed by atoms with E-state index in [1.54, 1.807) is 0 Å². The molecule has 0 unspecified atom stereocenters. The summed E-state index contributed by atoms with van der Waals surface area (Å²) in [5.41, 5.74) is -0.181. The maximum Gasteiger partial charge on any atom is 0.282 e. The molecule has 0 aromatic heterocycles. The van der Waals surface area contributed by atoms with Gasteiger partial charge in [0.15, 0.2) is 0 Å². The van der Waals surface area contributed by atoms with E-state index in [1.165, 1.54) is 18.2 Å². The van der Waals surface area contributed by atoms with Crippen LogP contribution in [0.25, 0.3) is 0 Å². The number of benzene rings is 1. The van der Waals surface area contributed by atoms with Crippen LogP contribution in [-0.4, -0.2) is 10.4 Å². The normalized spacial score (nSPS) is 11.6. The van der Waals surface area contributed by atoms with E-state index < -0.39 is 11.3 Å². The lowest BCUT2D eigenvalue weighted by Gasteiger charge is -2.12. The Bertz CT molecular complexity index is 276. The average Bonchev–Trinajstić information content (AvgIpc) is 2.05. The lowest BCUT2D eigenvalue weighted by Crippen LogP contribution is -2.14. The van der Waals surface area contributed by atoms with E-state index in [4.69, 9.17) is 5.11 Å². The van der Waals surface area contributed by atoms with E-state index in [0.717, 1.165) is 6.07 Å². The molecule has 0 spiro atoms. The van der Waals surface area contributed by atoms with Gasteiger partial charge in [-0.1, -0.05) is 28.1 Å². The fourth-order valence-electron chi connectivity index (χ4n) is 0.811. The number of alkyl halides is 3. The molecule has 0 bridgehead atoms. The summed E-state index contributed by atoms with van der Waals surface area (Å²) in [5, 5.41) is 8.48. The van der Waals surface area contributed by atoms with Crippen molar-refractivity contribution >= 4 is 15.9 Å². The summed E-state index contributed by atoms with van der Waals surface area (Å²) in [6, 6.07) is 5.08. The first kappa shape index (κ1) is 9.45. The fraction of sp³-hybridized carbons (Fsp3) is 0.250. The van der Waals surface area contributed by atoms with Crippen LogP contribution in [-0.2, 0) is 5.92 Å². The van der Waals surface area contributed by atoms with Gasteiger partial charge in [0.2, 0.25) is 0 Å². The van der Waals surface area contributed by atoms with Gasteiger partial charge in [-0.25, -0.2) is 8.78 Å². The van der Waals surface area contributed by atoms with Gasteiger partial charge in [-0.3, -0.25) is 0 Å². The van der Waals surface area contributed by atoms with Crippen molar-refractivity contribution in [3.8, 4) is 5.75 Å². The van der Waals surface area contributed by atoms with Crippen LogP contribution >= 0.6 is 15.9 Å². The summed E-state index contributed by atoms with van der Waals surface area (Å²) < 4.78 is 25.8. The molecule has 0 aliphatic heterocycles. The second kappa shape index (κ2) is 3.39. The van der Waals surface area contributed by atoms with E-state index in [9.17, 15) is 8.78 Å². The molecule has 4 heteroatoms. The number of aromatic hydroxyl groups is 1. The molecule has 0 saturated carbocycles. The van der Waals surface area contributed by atoms with Gasteiger partial charge >= 0.3 is 0 Å². The topological polar surface area (TPSA) is 20.2 Å². The Balaban J connectivity index is 3.03. The Labute approximate surface area is 77.2 Å². The van der Waals surface area contributed by atoms with Gasteiger partial charge in [0, 0.05) is 5.56 Å². The van der Waals surface area contributed by atoms with Crippen molar-refractivity contribution in [2.24, 2.45) is 0 Å². The zero-order valence-electron chi connectivity index (χ0n) is 6.10. The Kier molecular flexibility index (Phi) is 2.67. The zero-order valence-corrected chi connectivity index (χ0v) is 7.68. The molecule has 1 rings (SSSR count). The number of phenols is 1. The molecule has 1 nitrogen and oxygen atoms in total. The molecule has 0 atom stereocenters. The van der Waals surface area contributed by atoms with Gasteiger partial charge < -0.3 is 5.11 Å². The Hall–Kier alpha value is -0.640. The highest BCUT2D eigenvalue weighted by Gasteiger charge is 2.29. The lowest BCUT2D eigenvalue weighted by molar-refractivity contribution is 0.0243. The van der Waals surface area contributed by atoms with Gasteiger partial charge in [0.1, 0.15) is 5.75 Å². The maximum atomic E-state index is 12.9. The van der Waals surface area contributed by atoms with E-state index >= 15 is 0 Å². The molecule has 0 aliphatic rings. The molecule has 0 aliphatic carbocycles. The Morgan fingerprint density at radius 2 is 2.08 bits per heavy atom. The first-order valence-electron chi connectivity index (χ1n) is 3.29. The third-order valence-electron chi connectivity index (χ3n) is 1.44. The minimum absolute atomic E-state index is 0.145. The van der Waals surface area contributed by atoms with Crippen LogP contribution in [0.15, 0.2) is 24.3 Å². The third-order valence-corrected chi connectivity index (χ3v) is 2.14. The van der Waals surface area contributed by atoms with Crippen LogP contribution in [0.2, 0.25) is 0 Å². The highest BCUT2D eigenvalue weighted by molar-refractivity contribution is 9.09. The zero-order chi connectivity index (χ0) is 9.19. The van der Waals surface area contributed by atoms with Crippen LogP contribution in [0.4, 0.5) is 8.78 Å². The number of hydrogen-bond acceptors (Lipinski definition) is 1. The van der Waals surface area contributed by atoms with Crippen LogP contribution in [0.5, 0.6) is 5.75 Å². The molecular formula is C8H7BrF2O. The summed E-state index contributed by atoms with van der Waals surface area (Å²) in [5.74, 6) is -3.06. The Morgan fingerprint density at radius 3 is 2.58 bits per heavy atom. The largest absolute Gasteiger partial charge is 0.508 e. The molecule has 0 radical (unpaired) electrons. The minimum Gasteiger partial charge on any atom is -0.508 e. The molecule has 0 saturated heterocycles. The van der Waals surface area contributed by atoms with Gasteiger partial charge in [-0.15, -0.1) is 0 Å². The second-order valence-electron chi connectivity index (χ2n) is 2.39. The molecule has 0 amide bonds. The molecule has 1 aromatic carbocycles. The monoisotopic (exact) mass is 236 g/mol. The van der Waals surface area contributed by atoms with E-state index in [0.29, 0.717) is 0 Å². The molecule has 1 aromatic rings. The van der Waals surface area contributed by atoms with Crippen LogP contribution in [0.1, 0.15) is 5.56 Å². The van der Waals surface area contributed by atoms with Crippen molar-refractivity contribution in [3.05, 3.63) is 29.8 Å². The number of rotatable bonds is 2. The molecule has 0 heterocycles. The Morgan fingerprint density at radius 1 is 1.42 bits per heavy atom. The lowest BCUT2D eigenvalue weighted by atomic mass is 10.1. The predicted molar refractivity (Wildman–Crippen MR) is 45.8 cm³/mol. The maximum absolute atomic E-state index is 12.9. The van der Waals surface area contributed by atoms with Crippen molar-refractivity contribution in [1.29, 1.82) is 0 Å². The van der Waals surface area contributed by atoms with E-state index in [-0.39, 0.29) is 11.3 Å². The standard InChI is InChI=1S/C8H7BrF2O/c9-5-8(10,11)6-2-1-3-7(12)4-6/h1-4,12H,5H2. The van der Waals surface area contributed by atoms with Crippen molar-refractivity contribution < 1.29 is 13.9 Å². The first-order valence-corrected chi connectivity index (χ1v) is 4.42. The molecule has 0 fully saturated rings. The fourth-order valence-corrected chi connectivity index (χ4v) is 1.13. The number of phenolic OH excluding ortho intramolecular Hbond substituents is 1. The highest BCUT2D eigenvalue weighted by atomic mass is 79.9. The predicted octanol–water partition coefficient (Wildman–Crippen LogP) is 2.88. The molecular weight excluding hydrogens is 230 g/mol. The smallest absolute Gasteiger partial charge is 0.282 e. The number of halogens is 3. The van der Waals surface area contributed by atoms with Gasteiger partial charge in [-0.05, 0) is 12.1 Å². The van der Waals surface area contributed by atoms with Crippen LogP contribution < -0.4 is 0 Å². The molecule has 66 valence electrons. The van der Waals surface area contributed by atoms with Crippen LogP contribution in [0, 0.1) is 0 Å². The number of hydrogen-bond donors (Lipinski definition) is 1. The van der Waals surface area contributed by atoms with Gasteiger partial charge in [0.25, 0.3) is 5.92 Å². The summed E-state index contributed by atoms with van der Waals surface area (Å²) in [7, 11) is 0. The van der Waals surface area contributed by atoms with Gasteiger partial charge in [-0.2, -0.15) is 0 Å². The summed E-state index contributed by atoms with van der Waals surface area (Å²) >= 11 is 2.70. The minimum atomic E-state index is -2.92. The van der Waals surface area contributed by atoms with Crippen molar-refractivity contribution in [3.63, 3.8) is 0 Å². The third kappa shape index (κ3) is 1.94. The van der Waals surface area contributed by atoms with Crippen LogP contribution in [0.3, 0.4) is 0 Å². The SMILES string of the molecule is Oc1cccc(C(F)(F)CBr)c1.